The number of Topliss-reactive ketones (excluding diaryl/α,β-unsaturated/α-hetero) is 1. The lowest BCUT2D eigenvalue weighted by Gasteiger charge is -2.15. The predicted octanol–water partition coefficient (Wildman–Crippen LogP) is 1.97. The number of hydrogen-bond acceptors (Lipinski definition) is 5. The Morgan fingerprint density at radius 3 is 2.72 bits per heavy atom. The van der Waals surface area contributed by atoms with E-state index in [1.165, 1.54) is 18.2 Å². The zero-order valence-corrected chi connectivity index (χ0v) is 11.5. The molecule has 0 aromatic heterocycles. The lowest BCUT2D eigenvalue weighted by Crippen LogP contribution is -2.27. The summed E-state index contributed by atoms with van der Waals surface area (Å²) in [4.78, 5) is 13.9. The lowest BCUT2D eigenvalue weighted by molar-refractivity contribution is 0.0944. The van der Waals surface area contributed by atoms with Crippen LogP contribution in [0, 0.1) is 0 Å². The van der Waals surface area contributed by atoms with E-state index in [1.807, 2.05) is 11.9 Å². The first kappa shape index (κ1) is 14.9. The van der Waals surface area contributed by atoms with Crippen molar-refractivity contribution in [2.24, 2.45) is 0 Å². The maximum absolute atomic E-state index is 11.9. The van der Waals surface area contributed by atoms with Gasteiger partial charge in [-0.05, 0) is 44.2 Å². The number of rotatable bonds is 7. The Labute approximate surface area is 112 Å². The second-order valence-corrected chi connectivity index (χ2v) is 5.19. The van der Waals surface area contributed by atoms with Crippen LogP contribution in [0.2, 0.25) is 0 Å². The third-order valence-electron chi connectivity index (χ3n) is 2.58. The predicted molar refractivity (Wildman–Crippen MR) is 74.6 cm³/mol. The van der Waals surface area contributed by atoms with Crippen molar-refractivity contribution in [3.8, 4) is 11.5 Å². The van der Waals surface area contributed by atoms with Crippen LogP contribution in [0.1, 0.15) is 16.8 Å². The molecule has 0 atom stereocenters. The second-order valence-electron chi connectivity index (χ2n) is 4.21. The highest BCUT2D eigenvalue weighted by Crippen LogP contribution is 2.22. The number of aromatic hydroxyl groups is 2. The summed E-state index contributed by atoms with van der Waals surface area (Å²) >= 11 is 1.78. The van der Waals surface area contributed by atoms with E-state index in [2.05, 4.69) is 6.26 Å². The van der Waals surface area contributed by atoms with Crippen LogP contribution in [0.15, 0.2) is 18.2 Å². The number of nitrogens with zero attached hydrogens (tertiary/aromatic N) is 1. The number of likely N-dealkylation sites (N-methyl/N-ethyl adjacent to an activating group) is 1. The molecule has 4 nitrogen and oxygen atoms in total. The third kappa shape index (κ3) is 4.58. The molecule has 0 unspecified atom stereocenters. The highest BCUT2D eigenvalue weighted by molar-refractivity contribution is 7.98. The van der Waals surface area contributed by atoms with E-state index in [4.69, 9.17) is 5.11 Å². The van der Waals surface area contributed by atoms with E-state index in [0.29, 0.717) is 0 Å². The molecular weight excluding hydrogens is 250 g/mol. The number of carbonyl (C=O) groups is 1. The van der Waals surface area contributed by atoms with E-state index in [9.17, 15) is 9.90 Å². The first-order chi connectivity index (χ1) is 8.54. The Morgan fingerprint density at radius 2 is 2.11 bits per heavy atom. The zero-order valence-electron chi connectivity index (χ0n) is 10.7. The molecule has 0 spiro atoms. The molecule has 18 heavy (non-hydrogen) atoms. The molecule has 0 radical (unpaired) electrons. The average molecular weight is 269 g/mol. The van der Waals surface area contributed by atoms with Crippen molar-refractivity contribution < 1.29 is 15.0 Å². The molecule has 2 N–H and O–H groups in total. The highest BCUT2D eigenvalue weighted by Gasteiger charge is 2.13. The normalized spacial score (nSPS) is 10.8. The summed E-state index contributed by atoms with van der Waals surface area (Å²) in [5, 5.41) is 18.7. The summed E-state index contributed by atoms with van der Waals surface area (Å²) in [7, 11) is 1.88. The minimum absolute atomic E-state index is 0.0441. The zero-order chi connectivity index (χ0) is 13.5. The fourth-order valence-electron chi connectivity index (χ4n) is 1.64. The van der Waals surface area contributed by atoms with Crippen molar-refractivity contribution in [2.45, 2.75) is 6.42 Å². The molecule has 100 valence electrons. The smallest absolute Gasteiger partial charge is 0.180 e. The molecule has 0 amide bonds. The van der Waals surface area contributed by atoms with Gasteiger partial charge in [-0.25, -0.2) is 0 Å². The molecule has 0 aliphatic heterocycles. The van der Waals surface area contributed by atoms with Gasteiger partial charge in [0.2, 0.25) is 0 Å². The summed E-state index contributed by atoms with van der Waals surface area (Å²) in [5.74, 6) is 0.720. The van der Waals surface area contributed by atoms with Crippen LogP contribution >= 0.6 is 11.8 Å². The lowest BCUT2D eigenvalue weighted by atomic mass is 10.1. The van der Waals surface area contributed by atoms with Gasteiger partial charge in [0.25, 0.3) is 0 Å². The Kier molecular flexibility index (Phi) is 6.01. The van der Waals surface area contributed by atoms with Crippen LogP contribution in [0.25, 0.3) is 0 Å². The molecular formula is C13H19NO3S. The van der Waals surface area contributed by atoms with Crippen LogP contribution in [-0.4, -0.2) is 53.0 Å². The van der Waals surface area contributed by atoms with E-state index >= 15 is 0 Å². The van der Waals surface area contributed by atoms with Crippen molar-refractivity contribution in [1.82, 2.24) is 4.90 Å². The SMILES string of the molecule is CSCCCN(C)CC(=O)c1ccc(O)cc1O. The molecule has 1 aromatic carbocycles. The van der Waals surface area contributed by atoms with E-state index < -0.39 is 0 Å². The standard InChI is InChI=1S/C13H19NO3S/c1-14(6-3-7-18-2)9-13(17)11-5-4-10(15)8-12(11)16/h4-5,8,15-16H,3,6-7,9H2,1-2H3. The molecule has 1 aromatic rings. The fraction of sp³-hybridized carbons (Fsp3) is 0.462. The maximum atomic E-state index is 11.9. The van der Waals surface area contributed by atoms with Gasteiger partial charge in [-0.15, -0.1) is 0 Å². The summed E-state index contributed by atoms with van der Waals surface area (Å²) in [6, 6.07) is 4.03. The van der Waals surface area contributed by atoms with Crippen molar-refractivity contribution in [3.05, 3.63) is 23.8 Å². The number of carbonyl (C=O) groups excluding carboxylic acids is 1. The number of thioether (sulfide) groups is 1. The van der Waals surface area contributed by atoms with Gasteiger partial charge in [0.05, 0.1) is 12.1 Å². The van der Waals surface area contributed by atoms with Gasteiger partial charge >= 0.3 is 0 Å². The topological polar surface area (TPSA) is 60.8 Å². The van der Waals surface area contributed by atoms with Gasteiger partial charge in [0.15, 0.2) is 5.78 Å². The minimum atomic E-state index is -0.169. The van der Waals surface area contributed by atoms with Gasteiger partial charge in [-0.2, -0.15) is 11.8 Å². The molecule has 0 bridgehead atoms. The van der Waals surface area contributed by atoms with Crippen molar-refractivity contribution >= 4 is 17.5 Å². The summed E-state index contributed by atoms with van der Waals surface area (Å²) in [5.41, 5.74) is 0.254. The number of ketones is 1. The molecule has 0 fully saturated rings. The van der Waals surface area contributed by atoms with Gasteiger partial charge in [0, 0.05) is 6.07 Å². The number of phenolic OH excluding ortho intramolecular Hbond substituents is 2. The Balaban J connectivity index is 2.54. The van der Waals surface area contributed by atoms with E-state index in [-0.39, 0.29) is 29.4 Å². The molecule has 1 rings (SSSR count). The molecule has 0 saturated carbocycles. The van der Waals surface area contributed by atoms with Gasteiger partial charge in [0.1, 0.15) is 11.5 Å². The quantitative estimate of drug-likeness (QED) is 0.585. The molecule has 0 saturated heterocycles. The Hall–Kier alpha value is -1.20. The molecule has 0 heterocycles. The van der Waals surface area contributed by atoms with Crippen LogP contribution < -0.4 is 0 Å². The summed E-state index contributed by atoms with van der Waals surface area (Å²) < 4.78 is 0. The minimum Gasteiger partial charge on any atom is -0.508 e. The number of hydrogen-bond donors (Lipinski definition) is 2. The average Bonchev–Trinajstić information content (AvgIpc) is 2.28. The first-order valence-corrected chi connectivity index (χ1v) is 7.16. The Bertz CT molecular complexity index is 409. The monoisotopic (exact) mass is 269 g/mol. The molecule has 0 aliphatic rings. The third-order valence-corrected chi connectivity index (χ3v) is 3.28. The van der Waals surface area contributed by atoms with E-state index in [1.54, 1.807) is 11.8 Å². The van der Waals surface area contributed by atoms with Gasteiger partial charge in [-0.3, -0.25) is 9.69 Å². The summed E-state index contributed by atoms with van der Waals surface area (Å²) in [6.07, 6.45) is 3.09. The first-order valence-electron chi connectivity index (χ1n) is 5.77. The van der Waals surface area contributed by atoms with E-state index in [0.717, 1.165) is 18.7 Å². The van der Waals surface area contributed by atoms with Crippen molar-refractivity contribution in [1.29, 1.82) is 0 Å². The van der Waals surface area contributed by atoms with Gasteiger partial charge < -0.3 is 10.2 Å². The van der Waals surface area contributed by atoms with Crippen LogP contribution in [0.4, 0.5) is 0 Å². The molecule has 5 heteroatoms. The second kappa shape index (κ2) is 7.28. The highest BCUT2D eigenvalue weighted by atomic mass is 32.2. The van der Waals surface area contributed by atoms with Crippen molar-refractivity contribution in [3.63, 3.8) is 0 Å². The van der Waals surface area contributed by atoms with Gasteiger partial charge in [-0.1, -0.05) is 0 Å². The van der Waals surface area contributed by atoms with Crippen LogP contribution in [-0.2, 0) is 0 Å². The summed E-state index contributed by atoms with van der Waals surface area (Å²) in [6.45, 7) is 1.12. The number of phenols is 2. The van der Waals surface area contributed by atoms with Crippen molar-refractivity contribution in [2.75, 3.05) is 32.1 Å². The maximum Gasteiger partial charge on any atom is 0.180 e. The Morgan fingerprint density at radius 1 is 1.39 bits per heavy atom. The van der Waals surface area contributed by atoms with Crippen LogP contribution in [0.3, 0.4) is 0 Å². The number of benzene rings is 1. The fourth-order valence-corrected chi connectivity index (χ4v) is 2.06. The largest absolute Gasteiger partial charge is 0.508 e. The van der Waals surface area contributed by atoms with Crippen LogP contribution in [0.5, 0.6) is 11.5 Å². The molecule has 0 aliphatic carbocycles.